The second-order valence-corrected chi connectivity index (χ2v) is 13.4. The van der Waals surface area contributed by atoms with E-state index in [0.29, 0.717) is 47.3 Å². The van der Waals surface area contributed by atoms with Crippen molar-refractivity contribution in [2.75, 3.05) is 5.75 Å². The van der Waals surface area contributed by atoms with Gasteiger partial charge in [0.15, 0.2) is 0 Å². The van der Waals surface area contributed by atoms with E-state index in [-0.39, 0.29) is 22.9 Å². The Balaban J connectivity index is 1.50. The van der Waals surface area contributed by atoms with Gasteiger partial charge in [-0.25, -0.2) is 0 Å². The summed E-state index contributed by atoms with van der Waals surface area (Å²) < 4.78 is 31.1. The van der Waals surface area contributed by atoms with Crippen LogP contribution in [0.4, 0.5) is 0 Å². The van der Waals surface area contributed by atoms with Crippen LogP contribution in [-0.2, 0) is 13.9 Å². The zero-order valence-electron chi connectivity index (χ0n) is 17.1. The fourth-order valence-corrected chi connectivity index (χ4v) is 8.69. The number of carbonyl (C=O) groups is 1. The first-order valence-electron chi connectivity index (χ1n) is 10.7. The van der Waals surface area contributed by atoms with Crippen molar-refractivity contribution < 1.29 is 22.9 Å². The zero-order valence-corrected chi connectivity index (χ0v) is 19.5. The largest absolute Gasteiger partial charge is 0.377 e. The molecule has 0 amide bonds. The van der Waals surface area contributed by atoms with E-state index in [2.05, 4.69) is 24.3 Å². The van der Waals surface area contributed by atoms with Crippen LogP contribution in [0.1, 0.15) is 58.3 Å². The molecule has 4 aliphatic carbocycles. The number of halogens is 1. The highest BCUT2D eigenvalue weighted by Gasteiger charge is 2.57. The van der Waals surface area contributed by atoms with E-state index < -0.39 is 14.8 Å². The van der Waals surface area contributed by atoms with Crippen molar-refractivity contribution in [2.24, 2.45) is 35.0 Å². The topological polar surface area (TPSA) is 91.7 Å². The highest BCUT2D eigenvalue weighted by Crippen LogP contribution is 2.63. The number of rotatable bonds is 4. The van der Waals surface area contributed by atoms with Crippen LogP contribution in [0, 0.1) is 46.3 Å². The average Bonchev–Trinajstić information content (AvgIpc) is 3.02. The third-order valence-electron chi connectivity index (χ3n) is 8.52. The first kappa shape index (κ1) is 22.7. The average molecular weight is 473 g/mol. The van der Waals surface area contributed by atoms with Gasteiger partial charge in [-0.05, 0) is 85.6 Å². The molecule has 0 bridgehead atoms. The minimum Gasteiger partial charge on any atom is -0.377 e. The quantitative estimate of drug-likeness (QED) is 0.275. The molecule has 4 aliphatic rings. The van der Waals surface area contributed by atoms with Crippen molar-refractivity contribution in [1.82, 2.24) is 0 Å². The lowest BCUT2D eigenvalue weighted by Gasteiger charge is -2.54. The molecule has 4 rings (SSSR count). The summed E-state index contributed by atoms with van der Waals surface area (Å²) in [5, 5.41) is 13.1. The third-order valence-corrected chi connectivity index (χ3v) is 10.6. The van der Waals surface area contributed by atoms with Crippen LogP contribution in [0.5, 0.6) is 0 Å². The summed E-state index contributed by atoms with van der Waals surface area (Å²) in [7, 11) is -3.86. The lowest BCUT2D eigenvalue weighted by atomic mass is 9.51. The van der Waals surface area contributed by atoms with Gasteiger partial charge in [-0.1, -0.05) is 24.5 Å². The lowest BCUT2D eigenvalue weighted by molar-refractivity contribution is -0.126. The Morgan fingerprint density at radius 1 is 1.27 bits per heavy atom. The molecule has 166 valence electrons. The van der Waals surface area contributed by atoms with E-state index in [9.17, 15) is 18.3 Å². The van der Waals surface area contributed by atoms with Crippen LogP contribution < -0.4 is 0 Å². The number of Topliss-reactive ketones (excluding diaryl/α,β-unsaturated/α-hetero) is 1. The van der Waals surface area contributed by atoms with Gasteiger partial charge < -0.3 is 5.11 Å². The molecule has 30 heavy (non-hydrogen) atoms. The van der Waals surface area contributed by atoms with Crippen molar-refractivity contribution in [3.8, 4) is 11.3 Å². The molecule has 0 saturated heterocycles. The maximum atomic E-state index is 12.8. The predicted molar refractivity (Wildman–Crippen MR) is 118 cm³/mol. The van der Waals surface area contributed by atoms with Crippen LogP contribution in [-0.4, -0.2) is 35.2 Å². The summed E-state index contributed by atoms with van der Waals surface area (Å²) in [6.07, 6.45) is 9.28. The number of allylic oxidation sites excluding steroid dienone is 1. The highest BCUT2D eigenvalue weighted by molar-refractivity contribution is 8.70. The van der Waals surface area contributed by atoms with Crippen LogP contribution >= 0.6 is 22.4 Å². The fraction of sp³-hybridized carbons (Fsp3) is 0.773. The van der Waals surface area contributed by atoms with Crippen molar-refractivity contribution in [3.05, 3.63) is 11.6 Å². The van der Waals surface area contributed by atoms with Gasteiger partial charge in [0.25, 0.3) is 0 Å². The van der Waals surface area contributed by atoms with E-state index in [4.69, 9.17) is 16.2 Å². The second kappa shape index (κ2) is 8.12. The van der Waals surface area contributed by atoms with Gasteiger partial charge in [0.2, 0.25) is 0 Å². The molecule has 3 fully saturated rings. The number of hydrogen-bond donors (Lipinski definition) is 2. The maximum absolute atomic E-state index is 12.8. The molecule has 8 heteroatoms. The molecule has 0 unspecified atom stereocenters. The van der Waals surface area contributed by atoms with Gasteiger partial charge in [0, 0.05) is 28.5 Å². The minimum absolute atomic E-state index is 0.0458. The molecule has 0 aromatic carbocycles. The van der Waals surface area contributed by atoms with E-state index in [0.717, 1.165) is 38.5 Å². The summed E-state index contributed by atoms with van der Waals surface area (Å²) in [5.41, 5.74) is 0.224. The van der Waals surface area contributed by atoms with Gasteiger partial charge >= 0.3 is 9.15 Å². The SMILES string of the molecule is C[C@]12CC[C@H]3[C@@H](CC=C4C[C@](O)(C#CCl)CC[C@@H]43)[C@@H]1CC[C@@H]2C(=O)CSS(=O)(=O)O. The Morgan fingerprint density at radius 2 is 2.03 bits per heavy atom. The van der Waals surface area contributed by atoms with Gasteiger partial charge in [0.1, 0.15) is 11.4 Å². The first-order chi connectivity index (χ1) is 14.1. The molecule has 0 spiro atoms. The Labute approximate surface area is 187 Å². The van der Waals surface area contributed by atoms with E-state index in [1.54, 1.807) is 0 Å². The highest BCUT2D eigenvalue weighted by atomic mass is 35.5. The fourth-order valence-electron chi connectivity index (χ4n) is 7.25. The van der Waals surface area contributed by atoms with Gasteiger partial charge in [-0.15, -0.1) is 0 Å². The molecule has 0 aromatic heterocycles. The Kier molecular flexibility index (Phi) is 6.13. The third kappa shape index (κ3) is 4.11. The maximum Gasteiger partial charge on any atom is 0.320 e. The van der Waals surface area contributed by atoms with Gasteiger partial charge in [-0.2, -0.15) is 8.42 Å². The molecule has 2 N–H and O–H groups in total. The number of carbonyl (C=O) groups excluding carboxylic acids is 1. The summed E-state index contributed by atoms with van der Waals surface area (Å²) in [4.78, 5) is 12.8. The summed E-state index contributed by atoms with van der Waals surface area (Å²) in [6, 6.07) is 0. The van der Waals surface area contributed by atoms with Crippen molar-refractivity contribution >= 4 is 37.3 Å². The van der Waals surface area contributed by atoms with E-state index >= 15 is 0 Å². The smallest absolute Gasteiger partial charge is 0.320 e. The van der Waals surface area contributed by atoms with Crippen LogP contribution in [0.3, 0.4) is 0 Å². The molecule has 0 radical (unpaired) electrons. The normalized spacial score (nSPS) is 42.8. The monoisotopic (exact) mass is 472 g/mol. The molecular weight excluding hydrogens is 444 g/mol. The molecule has 3 saturated carbocycles. The van der Waals surface area contributed by atoms with E-state index in [1.807, 2.05) is 0 Å². The Hall–Kier alpha value is -0.520. The van der Waals surface area contributed by atoms with Crippen LogP contribution in [0.15, 0.2) is 11.6 Å². The van der Waals surface area contributed by atoms with Crippen molar-refractivity contribution in [2.45, 2.75) is 63.9 Å². The molecule has 5 nitrogen and oxygen atoms in total. The Morgan fingerprint density at radius 3 is 2.73 bits per heavy atom. The minimum atomic E-state index is -4.19. The van der Waals surface area contributed by atoms with Gasteiger partial charge in [0.05, 0.1) is 5.75 Å². The molecular formula is C22H29ClO5S2. The summed E-state index contributed by atoms with van der Waals surface area (Å²) in [6.45, 7) is 2.22. The molecule has 7 atom stereocenters. The zero-order chi connectivity index (χ0) is 21.7. The van der Waals surface area contributed by atoms with Crippen LogP contribution in [0.2, 0.25) is 0 Å². The predicted octanol–water partition coefficient (Wildman–Crippen LogP) is 4.21. The standard InChI is InChI=1S/C22H29ClO5S2/c1-21-8-6-16-15-7-9-22(25,10-11-23)12-14(15)2-3-17(16)18(21)4-5-19(21)20(24)13-29-30(26,27)28/h2,15-19,25H,3-9,12-13H2,1H3,(H,26,27,28)/t15-,16+,17+,18-,19+,21-,22+/m0/s1. The summed E-state index contributed by atoms with van der Waals surface area (Å²) in [5.74, 6) is 4.49. The molecule has 0 heterocycles. The van der Waals surface area contributed by atoms with E-state index in [1.165, 1.54) is 5.57 Å². The Bertz CT molecular complexity index is 920. The van der Waals surface area contributed by atoms with Crippen molar-refractivity contribution in [3.63, 3.8) is 0 Å². The second-order valence-electron chi connectivity index (χ2n) is 9.85. The van der Waals surface area contributed by atoms with Crippen molar-refractivity contribution in [1.29, 1.82) is 0 Å². The molecule has 0 aliphatic heterocycles. The number of hydrogen-bond acceptors (Lipinski definition) is 5. The molecule has 0 aromatic rings. The number of aliphatic hydroxyl groups is 1. The lowest BCUT2D eigenvalue weighted by Crippen LogP contribution is -2.48. The number of ketones is 1. The first-order valence-corrected chi connectivity index (χ1v) is 14.1. The van der Waals surface area contributed by atoms with Gasteiger partial charge in [-0.3, -0.25) is 9.35 Å². The number of fused-ring (bicyclic) bond motifs is 5. The summed E-state index contributed by atoms with van der Waals surface area (Å²) >= 11 is 5.56. The van der Waals surface area contributed by atoms with Crippen LogP contribution in [0.25, 0.3) is 0 Å².